The third kappa shape index (κ3) is 4.30. The van der Waals surface area contributed by atoms with Crippen molar-refractivity contribution in [3.8, 4) is 11.3 Å². The smallest absolute Gasteiger partial charge is 0.242 e. The molecule has 0 aliphatic carbocycles. The Balaban J connectivity index is 1.16. The summed E-state index contributed by atoms with van der Waals surface area (Å²) in [6, 6.07) is 12.8. The largest absolute Gasteiger partial charge is 0.393 e. The Morgan fingerprint density at radius 3 is 2.79 bits per heavy atom. The van der Waals surface area contributed by atoms with Gasteiger partial charge in [-0.2, -0.15) is 0 Å². The van der Waals surface area contributed by atoms with Crippen molar-refractivity contribution in [2.45, 2.75) is 31.4 Å². The molecule has 2 atom stereocenters. The van der Waals surface area contributed by atoms with E-state index in [2.05, 4.69) is 21.7 Å². The van der Waals surface area contributed by atoms with Crippen LogP contribution in [-0.2, 0) is 4.79 Å². The summed E-state index contributed by atoms with van der Waals surface area (Å²) >= 11 is 5.87. The van der Waals surface area contributed by atoms with Crippen molar-refractivity contribution in [1.29, 1.82) is 0 Å². The van der Waals surface area contributed by atoms with Crippen molar-refractivity contribution in [2.24, 2.45) is 5.92 Å². The Labute approximate surface area is 203 Å². The van der Waals surface area contributed by atoms with E-state index in [0.717, 1.165) is 18.5 Å². The highest BCUT2D eigenvalue weighted by Gasteiger charge is 2.34. The van der Waals surface area contributed by atoms with E-state index in [1.165, 1.54) is 23.3 Å². The number of imidazole rings is 1. The fourth-order valence-corrected chi connectivity index (χ4v) is 5.42. The van der Waals surface area contributed by atoms with Crippen LogP contribution in [-0.4, -0.2) is 58.3 Å². The van der Waals surface area contributed by atoms with Crippen LogP contribution in [0.25, 0.3) is 11.3 Å². The van der Waals surface area contributed by atoms with Crippen LogP contribution in [0.15, 0.2) is 55.0 Å². The zero-order valence-electron chi connectivity index (χ0n) is 19.1. The molecule has 1 N–H and O–H groups in total. The van der Waals surface area contributed by atoms with Crippen LogP contribution in [0.5, 0.6) is 0 Å². The van der Waals surface area contributed by atoms with Gasteiger partial charge in [0.1, 0.15) is 5.82 Å². The number of likely N-dealkylation sites (N-methyl/N-ethyl adjacent to an activating group) is 1. The molecular formula is C26H28ClFN4O2. The monoisotopic (exact) mass is 482 g/mol. The van der Waals surface area contributed by atoms with E-state index in [4.69, 9.17) is 11.6 Å². The second kappa shape index (κ2) is 9.39. The first-order valence-electron chi connectivity index (χ1n) is 11.7. The van der Waals surface area contributed by atoms with E-state index >= 15 is 0 Å². The minimum Gasteiger partial charge on any atom is -0.393 e. The van der Waals surface area contributed by atoms with E-state index in [0.29, 0.717) is 25.2 Å². The summed E-state index contributed by atoms with van der Waals surface area (Å²) in [5.41, 5.74) is 4.21. The summed E-state index contributed by atoms with van der Waals surface area (Å²) in [6.45, 7) is 1.43. The second-order valence-corrected chi connectivity index (χ2v) is 9.67. The molecular weight excluding hydrogens is 455 g/mol. The summed E-state index contributed by atoms with van der Waals surface area (Å²) in [5.74, 6) is -0.308. The number of aliphatic hydroxyl groups excluding tert-OH is 1. The molecule has 3 aromatic rings. The van der Waals surface area contributed by atoms with Crippen LogP contribution in [0.1, 0.15) is 30.9 Å². The van der Waals surface area contributed by atoms with Gasteiger partial charge in [-0.3, -0.25) is 4.79 Å². The van der Waals surface area contributed by atoms with Crippen LogP contribution in [0.3, 0.4) is 0 Å². The third-order valence-corrected chi connectivity index (χ3v) is 7.50. The molecule has 0 saturated carbocycles. The van der Waals surface area contributed by atoms with Gasteiger partial charge in [0.25, 0.3) is 0 Å². The van der Waals surface area contributed by atoms with Gasteiger partial charge in [0.2, 0.25) is 5.91 Å². The quantitative estimate of drug-likeness (QED) is 0.566. The molecule has 1 aromatic heterocycles. The topological polar surface area (TPSA) is 61.6 Å². The normalized spacial score (nSPS) is 18.5. The number of halogens is 2. The number of rotatable bonds is 6. The van der Waals surface area contributed by atoms with Crippen LogP contribution < -0.4 is 4.90 Å². The number of hydrogen-bond acceptors (Lipinski definition) is 4. The van der Waals surface area contributed by atoms with Gasteiger partial charge in [0.05, 0.1) is 41.9 Å². The molecule has 34 heavy (non-hydrogen) atoms. The minimum atomic E-state index is -0.476. The number of nitrogens with zero attached hydrogens (tertiary/aromatic N) is 4. The van der Waals surface area contributed by atoms with Gasteiger partial charge in [-0.05, 0) is 48.9 Å². The lowest BCUT2D eigenvalue weighted by Crippen LogP contribution is -2.45. The van der Waals surface area contributed by atoms with Crippen molar-refractivity contribution in [1.82, 2.24) is 14.5 Å². The average Bonchev–Trinajstić information content (AvgIpc) is 3.43. The molecule has 8 heteroatoms. The second-order valence-electron chi connectivity index (χ2n) is 9.26. The number of aliphatic hydroxyl groups is 1. The number of fused-ring (bicyclic) bond motifs is 3. The molecule has 2 aliphatic rings. The van der Waals surface area contributed by atoms with Gasteiger partial charge >= 0.3 is 0 Å². The van der Waals surface area contributed by atoms with Gasteiger partial charge in [0, 0.05) is 31.4 Å². The molecule has 1 fully saturated rings. The number of aromatic nitrogens is 2. The van der Waals surface area contributed by atoms with Crippen LogP contribution in [0.4, 0.5) is 10.1 Å². The molecule has 2 unspecified atom stereocenters. The summed E-state index contributed by atoms with van der Waals surface area (Å²) in [4.78, 5) is 20.8. The van der Waals surface area contributed by atoms with Crippen molar-refractivity contribution in [3.05, 3.63) is 71.4 Å². The van der Waals surface area contributed by atoms with Crippen LogP contribution in [0, 0.1) is 11.7 Å². The van der Waals surface area contributed by atoms with Gasteiger partial charge in [-0.1, -0.05) is 35.9 Å². The zero-order valence-corrected chi connectivity index (χ0v) is 19.8. The number of amides is 1. The van der Waals surface area contributed by atoms with Crippen molar-refractivity contribution < 1.29 is 14.3 Å². The van der Waals surface area contributed by atoms with Gasteiger partial charge in [-0.15, -0.1) is 0 Å². The first kappa shape index (κ1) is 22.9. The lowest BCUT2D eigenvalue weighted by Gasteiger charge is -2.36. The zero-order chi connectivity index (χ0) is 23.8. The van der Waals surface area contributed by atoms with Crippen molar-refractivity contribution in [2.75, 3.05) is 31.6 Å². The number of carbonyl (C=O) groups excluding carboxylic acids is 1. The number of benzene rings is 2. The van der Waals surface area contributed by atoms with Crippen molar-refractivity contribution in [3.63, 3.8) is 0 Å². The van der Waals surface area contributed by atoms with E-state index in [1.54, 1.807) is 18.0 Å². The highest BCUT2D eigenvalue weighted by Crippen LogP contribution is 2.42. The van der Waals surface area contributed by atoms with Gasteiger partial charge in [-0.25, -0.2) is 9.37 Å². The fraction of sp³-hybridized carbons (Fsp3) is 0.385. The SMILES string of the molecule is CN(CC(=O)N1CCC(C(O)CC2c3ccccc3-c3cncn32)CC1)c1ccc(F)c(Cl)c1. The summed E-state index contributed by atoms with van der Waals surface area (Å²) < 4.78 is 15.6. The number of piperidine rings is 1. The lowest BCUT2D eigenvalue weighted by molar-refractivity contribution is -0.131. The Hall–Kier alpha value is -2.90. The Morgan fingerprint density at radius 2 is 2.03 bits per heavy atom. The predicted molar refractivity (Wildman–Crippen MR) is 130 cm³/mol. The lowest BCUT2D eigenvalue weighted by atomic mass is 9.86. The number of likely N-dealkylation sites (tertiary alicyclic amines) is 1. The maximum absolute atomic E-state index is 13.4. The fourth-order valence-electron chi connectivity index (χ4n) is 5.24. The van der Waals surface area contributed by atoms with E-state index < -0.39 is 11.9 Å². The molecule has 0 bridgehead atoms. The van der Waals surface area contributed by atoms with E-state index in [1.807, 2.05) is 29.6 Å². The Bertz CT molecular complexity index is 1190. The number of hydrogen-bond donors (Lipinski definition) is 1. The van der Waals surface area contributed by atoms with Gasteiger partial charge < -0.3 is 19.5 Å². The summed E-state index contributed by atoms with van der Waals surface area (Å²) in [7, 11) is 1.79. The van der Waals surface area contributed by atoms with Gasteiger partial charge in [0.15, 0.2) is 0 Å². The molecule has 3 heterocycles. The molecule has 2 aliphatic heterocycles. The van der Waals surface area contributed by atoms with E-state index in [9.17, 15) is 14.3 Å². The predicted octanol–water partition coefficient (Wildman–Crippen LogP) is 4.37. The summed E-state index contributed by atoms with van der Waals surface area (Å²) in [5, 5.41) is 11.1. The average molecular weight is 483 g/mol. The highest BCUT2D eigenvalue weighted by atomic mass is 35.5. The molecule has 178 valence electrons. The molecule has 5 rings (SSSR count). The molecule has 2 aromatic carbocycles. The Morgan fingerprint density at radius 1 is 1.26 bits per heavy atom. The summed E-state index contributed by atoms with van der Waals surface area (Å²) in [6.07, 6.45) is 5.44. The number of carbonyl (C=O) groups is 1. The Kier molecular flexibility index (Phi) is 6.32. The highest BCUT2D eigenvalue weighted by molar-refractivity contribution is 6.31. The standard InChI is InChI=1S/C26H28ClFN4O2/c1-30(18-6-7-22(28)21(27)12-18)15-26(34)31-10-8-17(9-11-31)25(33)13-23-19-4-2-3-5-20(19)24-14-29-16-32(23)24/h2-7,12,14,16-17,23,25,33H,8-11,13,15H2,1H3. The van der Waals surface area contributed by atoms with Crippen LogP contribution >= 0.6 is 11.6 Å². The molecule has 1 amide bonds. The molecule has 0 spiro atoms. The minimum absolute atomic E-state index is 0.0173. The van der Waals surface area contributed by atoms with E-state index in [-0.39, 0.29) is 29.4 Å². The molecule has 6 nitrogen and oxygen atoms in total. The molecule has 1 saturated heterocycles. The molecule has 0 radical (unpaired) electrons. The first-order chi connectivity index (χ1) is 16.4. The number of anilines is 1. The third-order valence-electron chi connectivity index (χ3n) is 7.22. The van der Waals surface area contributed by atoms with Crippen LogP contribution in [0.2, 0.25) is 5.02 Å². The maximum atomic E-state index is 13.4. The first-order valence-corrected chi connectivity index (χ1v) is 12.0. The maximum Gasteiger partial charge on any atom is 0.242 e. The van der Waals surface area contributed by atoms with Crippen molar-refractivity contribution >= 4 is 23.2 Å².